The van der Waals surface area contributed by atoms with Gasteiger partial charge in [0.1, 0.15) is 5.60 Å². The van der Waals surface area contributed by atoms with E-state index in [9.17, 15) is 9.59 Å². The summed E-state index contributed by atoms with van der Waals surface area (Å²) in [6.07, 6.45) is 7.94. The summed E-state index contributed by atoms with van der Waals surface area (Å²) < 4.78 is 9.84. The number of methoxy groups -OCH3 is 1. The van der Waals surface area contributed by atoms with Crippen LogP contribution in [-0.2, 0) is 15.9 Å². The van der Waals surface area contributed by atoms with Crippen molar-refractivity contribution in [2.24, 2.45) is 0 Å². The Morgan fingerprint density at radius 1 is 1.25 bits per heavy atom. The summed E-state index contributed by atoms with van der Waals surface area (Å²) in [6.45, 7) is 9.26. The van der Waals surface area contributed by atoms with Crippen molar-refractivity contribution in [2.75, 3.05) is 12.8 Å². The second kappa shape index (κ2) is 11.4. The highest BCUT2D eigenvalue weighted by Gasteiger charge is 2.20. The van der Waals surface area contributed by atoms with Gasteiger partial charge in [0.15, 0.2) is 0 Å². The van der Waals surface area contributed by atoms with Crippen LogP contribution in [0.3, 0.4) is 0 Å². The van der Waals surface area contributed by atoms with Crippen LogP contribution in [0.25, 0.3) is 0 Å². The van der Waals surface area contributed by atoms with Crippen molar-refractivity contribution in [3.05, 3.63) is 42.0 Å². The Hall–Kier alpha value is -2.50. The first-order valence-electron chi connectivity index (χ1n) is 9.74. The standard InChI is InChI=1S/C11H21NO2.C11H13NO2/c1-11(2,3)14-10(13)12-9-7-5-4-6-8-9;1-3-5-8-9(11(13)14-2)6-4-7-10(8)12/h9H,4-8H2,1-3H3,(H,12,13);3-4,6-7H,1,5,12H2,2H3. The number of carbonyl (C=O) groups is 2. The molecule has 28 heavy (non-hydrogen) atoms. The van der Waals surface area contributed by atoms with Crippen molar-refractivity contribution in [3.8, 4) is 0 Å². The van der Waals surface area contributed by atoms with Gasteiger partial charge in [0, 0.05) is 11.7 Å². The van der Waals surface area contributed by atoms with Crippen LogP contribution in [0.4, 0.5) is 10.5 Å². The van der Waals surface area contributed by atoms with E-state index in [1.54, 1.807) is 24.3 Å². The Labute approximate surface area is 168 Å². The van der Waals surface area contributed by atoms with Crippen LogP contribution in [0.5, 0.6) is 0 Å². The summed E-state index contributed by atoms with van der Waals surface area (Å²) in [5.41, 5.74) is 7.22. The Balaban J connectivity index is 0.000000280. The van der Waals surface area contributed by atoms with Crippen LogP contribution in [0.15, 0.2) is 30.9 Å². The number of amides is 1. The van der Waals surface area contributed by atoms with Gasteiger partial charge in [0.25, 0.3) is 0 Å². The van der Waals surface area contributed by atoms with Crippen LogP contribution in [0.1, 0.15) is 68.8 Å². The zero-order chi connectivity index (χ0) is 21.2. The van der Waals surface area contributed by atoms with Gasteiger partial charge in [-0.2, -0.15) is 0 Å². The van der Waals surface area contributed by atoms with Crippen molar-refractivity contribution in [2.45, 2.75) is 70.9 Å². The molecule has 3 N–H and O–H groups in total. The zero-order valence-electron chi connectivity index (χ0n) is 17.5. The monoisotopic (exact) mass is 390 g/mol. The van der Waals surface area contributed by atoms with Gasteiger partial charge >= 0.3 is 12.1 Å². The molecule has 0 aromatic heterocycles. The van der Waals surface area contributed by atoms with Gasteiger partial charge in [-0.05, 0) is 57.7 Å². The highest BCUT2D eigenvalue weighted by atomic mass is 16.6. The second-order valence-corrected chi connectivity index (χ2v) is 7.84. The average Bonchev–Trinajstić information content (AvgIpc) is 2.62. The third-order valence-electron chi connectivity index (χ3n) is 4.29. The van der Waals surface area contributed by atoms with E-state index >= 15 is 0 Å². The fourth-order valence-corrected chi connectivity index (χ4v) is 3.00. The molecule has 0 aliphatic heterocycles. The average molecular weight is 391 g/mol. The quantitative estimate of drug-likeness (QED) is 0.444. The van der Waals surface area contributed by atoms with E-state index < -0.39 is 5.60 Å². The molecule has 0 bridgehead atoms. The molecule has 6 nitrogen and oxygen atoms in total. The Morgan fingerprint density at radius 3 is 2.43 bits per heavy atom. The molecule has 0 radical (unpaired) electrons. The first kappa shape index (κ1) is 23.5. The Kier molecular flexibility index (Phi) is 9.56. The van der Waals surface area contributed by atoms with E-state index in [0.717, 1.165) is 18.4 Å². The first-order valence-corrected chi connectivity index (χ1v) is 9.74. The molecule has 0 saturated heterocycles. The number of ether oxygens (including phenoxy) is 2. The molecule has 0 unspecified atom stereocenters. The molecule has 0 heterocycles. The maximum atomic E-state index is 11.4. The number of allylic oxidation sites excluding steroid dienone is 1. The molecule has 1 aliphatic rings. The molecule has 1 aromatic rings. The highest BCUT2D eigenvalue weighted by molar-refractivity contribution is 5.92. The number of esters is 1. The molecule has 2 rings (SSSR count). The predicted octanol–water partition coefficient (Wildman–Crippen LogP) is 4.63. The minimum absolute atomic E-state index is 0.274. The number of nitrogens with two attached hydrogens (primary N) is 1. The molecule has 1 saturated carbocycles. The molecule has 0 spiro atoms. The number of nitrogen functional groups attached to an aromatic ring is 1. The molecule has 1 aliphatic carbocycles. The number of rotatable bonds is 4. The van der Waals surface area contributed by atoms with Crippen molar-refractivity contribution >= 4 is 17.7 Å². The normalized spacial score (nSPS) is 14.3. The molecule has 1 amide bonds. The van der Waals surface area contributed by atoms with Crippen LogP contribution in [0.2, 0.25) is 0 Å². The van der Waals surface area contributed by atoms with Crippen molar-refractivity contribution < 1.29 is 19.1 Å². The van der Waals surface area contributed by atoms with Gasteiger partial charge < -0.3 is 20.5 Å². The largest absolute Gasteiger partial charge is 0.465 e. The zero-order valence-corrected chi connectivity index (χ0v) is 17.5. The van der Waals surface area contributed by atoms with Gasteiger partial charge in [-0.25, -0.2) is 9.59 Å². The second-order valence-electron chi connectivity index (χ2n) is 7.84. The van der Waals surface area contributed by atoms with Gasteiger partial charge in [0.05, 0.1) is 12.7 Å². The van der Waals surface area contributed by atoms with E-state index in [1.807, 2.05) is 20.8 Å². The van der Waals surface area contributed by atoms with E-state index in [0.29, 0.717) is 23.7 Å². The number of benzene rings is 1. The van der Waals surface area contributed by atoms with Crippen LogP contribution < -0.4 is 11.1 Å². The molecule has 6 heteroatoms. The summed E-state index contributed by atoms with van der Waals surface area (Å²) >= 11 is 0. The topological polar surface area (TPSA) is 90.7 Å². The van der Waals surface area contributed by atoms with Crippen LogP contribution in [-0.4, -0.2) is 30.8 Å². The van der Waals surface area contributed by atoms with E-state index in [1.165, 1.54) is 26.4 Å². The van der Waals surface area contributed by atoms with Gasteiger partial charge in [-0.15, -0.1) is 6.58 Å². The lowest BCUT2D eigenvalue weighted by molar-refractivity contribution is 0.0492. The molecule has 1 fully saturated rings. The number of anilines is 1. The predicted molar refractivity (Wildman–Crippen MR) is 112 cm³/mol. The molecular weight excluding hydrogens is 356 g/mol. The van der Waals surface area contributed by atoms with Gasteiger partial charge in [-0.3, -0.25) is 0 Å². The summed E-state index contributed by atoms with van der Waals surface area (Å²) in [7, 11) is 1.35. The fraction of sp³-hybridized carbons (Fsp3) is 0.545. The minimum atomic E-state index is -0.390. The number of carbonyl (C=O) groups excluding carboxylic acids is 2. The molecular formula is C22H34N2O4. The third-order valence-corrected chi connectivity index (χ3v) is 4.29. The number of hydrogen-bond donors (Lipinski definition) is 2. The SMILES string of the molecule is C=CCc1c(N)cccc1C(=O)OC.CC(C)(C)OC(=O)NC1CCCCC1. The van der Waals surface area contributed by atoms with Crippen molar-refractivity contribution in [1.82, 2.24) is 5.32 Å². The first-order chi connectivity index (χ1) is 13.2. The lowest BCUT2D eigenvalue weighted by Gasteiger charge is -2.25. The van der Waals surface area contributed by atoms with Gasteiger partial charge in [-0.1, -0.05) is 31.4 Å². The molecule has 1 aromatic carbocycles. The lowest BCUT2D eigenvalue weighted by Crippen LogP contribution is -2.39. The van der Waals surface area contributed by atoms with Crippen molar-refractivity contribution in [3.63, 3.8) is 0 Å². The lowest BCUT2D eigenvalue weighted by atomic mass is 9.96. The number of hydrogen-bond acceptors (Lipinski definition) is 5. The molecule has 156 valence electrons. The summed E-state index contributed by atoms with van der Waals surface area (Å²) in [4.78, 5) is 22.7. The van der Waals surface area contributed by atoms with Crippen molar-refractivity contribution in [1.29, 1.82) is 0 Å². The van der Waals surface area contributed by atoms with E-state index in [4.69, 9.17) is 10.5 Å². The third kappa shape index (κ3) is 8.46. The van der Waals surface area contributed by atoms with Gasteiger partial charge in [0.2, 0.25) is 0 Å². The summed E-state index contributed by atoms with van der Waals surface area (Å²) in [6, 6.07) is 5.51. The highest BCUT2D eigenvalue weighted by Crippen LogP contribution is 2.19. The Morgan fingerprint density at radius 2 is 1.89 bits per heavy atom. The maximum absolute atomic E-state index is 11.4. The maximum Gasteiger partial charge on any atom is 0.407 e. The number of alkyl carbamates (subject to hydrolysis) is 1. The van der Waals surface area contributed by atoms with E-state index in [2.05, 4.69) is 16.6 Å². The Bertz CT molecular complexity index is 659. The van der Waals surface area contributed by atoms with Crippen LogP contribution >= 0.6 is 0 Å². The molecule has 0 atom stereocenters. The van der Waals surface area contributed by atoms with E-state index in [-0.39, 0.29) is 12.1 Å². The smallest absolute Gasteiger partial charge is 0.407 e. The fourth-order valence-electron chi connectivity index (χ4n) is 3.00. The number of nitrogens with one attached hydrogen (secondary N) is 1. The summed E-state index contributed by atoms with van der Waals surface area (Å²) in [5, 5.41) is 2.91. The minimum Gasteiger partial charge on any atom is -0.465 e. The summed E-state index contributed by atoms with van der Waals surface area (Å²) in [5.74, 6) is -0.367. The van der Waals surface area contributed by atoms with Crippen LogP contribution in [0, 0.1) is 0 Å².